The van der Waals surface area contributed by atoms with Crippen molar-refractivity contribution in [2.45, 2.75) is 26.3 Å². The third kappa shape index (κ3) is 8.87. The van der Waals surface area contributed by atoms with Gasteiger partial charge >= 0.3 is 0 Å². The number of benzene rings is 4. The van der Waals surface area contributed by atoms with Crippen LogP contribution in [-0.4, -0.2) is 65.0 Å². The van der Waals surface area contributed by atoms with Crippen LogP contribution in [0, 0.1) is 11.3 Å². The molecule has 0 saturated heterocycles. The molecule has 0 bridgehead atoms. The summed E-state index contributed by atoms with van der Waals surface area (Å²) in [6.45, 7) is 1.96. The highest BCUT2D eigenvalue weighted by Crippen LogP contribution is 2.37. The van der Waals surface area contributed by atoms with E-state index in [4.69, 9.17) is 33.5 Å². The van der Waals surface area contributed by atoms with Crippen molar-refractivity contribution < 1.29 is 38.6 Å². The smallest absolute Gasteiger partial charge is 0.130 e. The second kappa shape index (κ2) is 18.4. The Morgan fingerprint density at radius 3 is 1.54 bits per heavy atom. The predicted molar refractivity (Wildman–Crippen MR) is 182 cm³/mol. The molecule has 0 aliphatic rings. The summed E-state index contributed by atoms with van der Waals surface area (Å²) < 4.78 is 35.2. The summed E-state index contributed by atoms with van der Waals surface area (Å²) in [4.78, 5) is 0. The number of aliphatic hydroxyl groups is 2. The molecule has 11 nitrogen and oxygen atoms in total. The van der Waals surface area contributed by atoms with Crippen molar-refractivity contribution in [3.63, 3.8) is 0 Å². The average molecular weight is 658 g/mol. The molecule has 0 saturated carbocycles. The first-order valence-corrected chi connectivity index (χ1v) is 15.5. The predicted octanol–water partition coefficient (Wildman–Crippen LogP) is 4.58. The van der Waals surface area contributed by atoms with Crippen LogP contribution >= 0.6 is 0 Å². The van der Waals surface area contributed by atoms with Gasteiger partial charge in [0, 0.05) is 56.0 Å². The Morgan fingerprint density at radius 2 is 1.10 bits per heavy atom. The van der Waals surface area contributed by atoms with Crippen molar-refractivity contribution in [2.75, 3.05) is 54.7 Å². The Labute approximate surface area is 281 Å². The quantitative estimate of drug-likeness (QED) is 0.105. The molecule has 0 unspecified atom stereocenters. The van der Waals surface area contributed by atoms with Gasteiger partial charge in [-0.1, -0.05) is 42.5 Å². The van der Waals surface area contributed by atoms with Crippen LogP contribution in [0.1, 0.15) is 27.8 Å². The Bertz CT molecular complexity index is 1620. The molecule has 0 heterocycles. The van der Waals surface area contributed by atoms with Crippen molar-refractivity contribution in [2.24, 2.45) is 0 Å². The highest BCUT2D eigenvalue weighted by molar-refractivity contribution is 5.73. The van der Waals surface area contributed by atoms with Gasteiger partial charge in [0.05, 0.1) is 58.3 Å². The fourth-order valence-corrected chi connectivity index (χ4v) is 5.31. The molecule has 254 valence electrons. The molecule has 4 N–H and O–H groups in total. The summed E-state index contributed by atoms with van der Waals surface area (Å²) in [5, 5.41) is 35.1. The molecule has 0 spiro atoms. The number of nitriles is 1. The number of rotatable bonds is 19. The van der Waals surface area contributed by atoms with Gasteiger partial charge in [-0.25, -0.2) is 0 Å². The number of nitrogens with zero attached hydrogens (tertiary/aromatic N) is 1. The molecule has 4 rings (SSSR count). The van der Waals surface area contributed by atoms with Crippen molar-refractivity contribution in [3.05, 3.63) is 94.5 Å². The molecular formula is C37H43N3O8. The zero-order valence-electron chi connectivity index (χ0n) is 27.8. The minimum Gasteiger partial charge on any atom is -0.496 e. The summed E-state index contributed by atoms with van der Waals surface area (Å²) in [7, 11) is 6.30. The van der Waals surface area contributed by atoms with Crippen LogP contribution in [0.4, 0.5) is 0 Å². The highest BCUT2D eigenvalue weighted by Gasteiger charge is 2.19. The fourth-order valence-electron chi connectivity index (χ4n) is 5.31. The number of aliphatic hydroxyl groups excluding tert-OH is 2. The Hall–Kier alpha value is -4.99. The maximum Gasteiger partial charge on any atom is 0.130 e. The van der Waals surface area contributed by atoms with E-state index in [1.54, 1.807) is 52.7 Å². The lowest BCUT2D eigenvalue weighted by Gasteiger charge is -2.19. The van der Waals surface area contributed by atoms with Gasteiger partial charge in [-0.3, -0.25) is 0 Å². The van der Waals surface area contributed by atoms with Gasteiger partial charge in [0.25, 0.3) is 0 Å². The van der Waals surface area contributed by atoms with Crippen molar-refractivity contribution in [3.8, 4) is 51.7 Å². The van der Waals surface area contributed by atoms with Crippen LogP contribution in [0.25, 0.3) is 11.1 Å². The Morgan fingerprint density at radius 1 is 0.625 bits per heavy atom. The maximum atomic E-state index is 10.5. The van der Waals surface area contributed by atoms with Crippen LogP contribution in [0.3, 0.4) is 0 Å². The molecule has 0 aliphatic heterocycles. The van der Waals surface area contributed by atoms with Gasteiger partial charge in [-0.05, 0) is 16.7 Å². The van der Waals surface area contributed by atoms with E-state index < -0.39 is 0 Å². The number of ether oxygens (including phenoxy) is 6. The monoisotopic (exact) mass is 657 g/mol. The van der Waals surface area contributed by atoms with E-state index in [1.807, 2.05) is 42.5 Å². The zero-order valence-corrected chi connectivity index (χ0v) is 27.8. The van der Waals surface area contributed by atoms with E-state index in [0.29, 0.717) is 71.8 Å². The van der Waals surface area contributed by atoms with E-state index in [2.05, 4.69) is 16.7 Å². The minimum atomic E-state index is 0.0104. The molecule has 0 aromatic heterocycles. The minimum absolute atomic E-state index is 0.0104. The summed E-state index contributed by atoms with van der Waals surface area (Å²) in [6.07, 6.45) is 0. The average Bonchev–Trinajstić information content (AvgIpc) is 3.13. The molecule has 0 amide bonds. The molecular weight excluding hydrogens is 614 g/mol. The second-order valence-electron chi connectivity index (χ2n) is 10.6. The lowest BCUT2D eigenvalue weighted by atomic mass is 9.93. The molecule has 4 aromatic carbocycles. The summed E-state index contributed by atoms with van der Waals surface area (Å²) in [5.41, 5.74) is 5.20. The van der Waals surface area contributed by atoms with Gasteiger partial charge in [-0.2, -0.15) is 5.26 Å². The molecule has 0 fully saturated rings. The van der Waals surface area contributed by atoms with E-state index in [0.717, 1.165) is 27.8 Å². The summed E-state index contributed by atoms with van der Waals surface area (Å²) in [5.74, 6) is 3.30. The van der Waals surface area contributed by atoms with Crippen molar-refractivity contribution in [1.29, 1.82) is 5.26 Å². The molecule has 4 aromatic rings. The van der Waals surface area contributed by atoms with E-state index in [1.165, 1.54) is 0 Å². The maximum absolute atomic E-state index is 10.5. The molecule has 11 heteroatoms. The van der Waals surface area contributed by atoms with Crippen LogP contribution in [-0.2, 0) is 26.3 Å². The lowest BCUT2D eigenvalue weighted by Crippen LogP contribution is -2.18. The van der Waals surface area contributed by atoms with E-state index >= 15 is 0 Å². The molecule has 48 heavy (non-hydrogen) atoms. The fraction of sp³-hybridized carbons (Fsp3) is 0.324. The first-order chi connectivity index (χ1) is 23.5. The SMILES string of the molecule is COc1cc(OCc2ccc(-c3ccccc3)c(C#N)c2COc2cc(OC)c(CNCCO)c(OC)c2)cc(OC)c1CNCCO. The Kier molecular flexibility index (Phi) is 13.7. The van der Waals surface area contributed by atoms with Gasteiger partial charge in [0.15, 0.2) is 0 Å². The Balaban J connectivity index is 1.68. The van der Waals surface area contributed by atoms with Crippen LogP contribution in [0.5, 0.6) is 34.5 Å². The van der Waals surface area contributed by atoms with Gasteiger partial charge in [-0.15, -0.1) is 0 Å². The lowest BCUT2D eigenvalue weighted by molar-refractivity contribution is 0.279. The largest absolute Gasteiger partial charge is 0.496 e. The van der Waals surface area contributed by atoms with E-state index in [-0.39, 0.29) is 26.4 Å². The number of hydrogen-bond donors (Lipinski definition) is 4. The van der Waals surface area contributed by atoms with Crippen molar-refractivity contribution >= 4 is 0 Å². The molecule has 0 radical (unpaired) electrons. The second-order valence-corrected chi connectivity index (χ2v) is 10.6. The highest BCUT2D eigenvalue weighted by atomic mass is 16.5. The van der Waals surface area contributed by atoms with Gasteiger partial charge < -0.3 is 49.3 Å². The van der Waals surface area contributed by atoms with Crippen LogP contribution in [0.2, 0.25) is 0 Å². The standard InChI is InChI=1S/C37H43N3O8/c1-43-34-16-27(17-35(44-2)31(34)21-39-12-14-41)47-23-26-10-11-29(25-8-6-5-7-9-25)30(20-38)33(26)24-48-28-18-36(45-3)32(22-40-13-15-42)37(19-28)46-4/h5-11,16-19,39-42H,12-15,21-24H2,1-4H3. The van der Waals surface area contributed by atoms with Crippen LogP contribution in [0.15, 0.2) is 66.7 Å². The number of methoxy groups -OCH3 is 4. The van der Waals surface area contributed by atoms with E-state index in [9.17, 15) is 10.4 Å². The third-order valence-corrected chi connectivity index (χ3v) is 7.73. The first kappa shape index (κ1) is 35.9. The normalized spacial score (nSPS) is 10.7. The van der Waals surface area contributed by atoms with Crippen LogP contribution < -0.4 is 39.1 Å². The zero-order chi connectivity index (χ0) is 34.3. The van der Waals surface area contributed by atoms with Gasteiger partial charge in [0.1, 0.15) is 53.8 Å². The first-order valence-electron chi connectivity index (χ1n) is 15.5. The number of nitrogens with one attached hydrogen (secondary N) is 2. The third-order valence-electron chi connectivity index (χ3n) is 7.73. The summed E-state index contributed by atoms with van der Waals surface area (Å²) in [6, 6.07) is 23.1. The van der Waals surface area contributed by atoms with Crippen molar-refractivity contribution in [1.82, 2.24) is 10.6 Å². The molecule has 0 aliphatic carbocycles. The summed E-state index contributed by atoms with van der Waals surface area (Å²) >= 11 is 0. The topological polar surface area (TPSA) is 144 Å². The van der Waals surface area contributed by atoms with Gasteiger partial charge in [0.2, 0.25) is 0 Å². The molecule has 0 atom stereocenters. The number of hydrogen-bond acceptors (Lipinski definition) is 11.